The van der Waals surface area contributed by atoms with E-state index in [1.165, 1.54) is 24.3 Å². The molecule has 3 rings (SSSR count). The number of nitrogens with one attached hydrogen (secondary N) is 1. The van der Waals surface area contributed by atoms with E-state index in [0.717, 1.165) is 37.4 Å². The van der Waals surface area contributed by atoms with Gasteiger partial charge in [-0.1, -0.05) is 41.9 Å². The summed E-state index contributed by atoms with van der Waals surface area (Å²) in [6.07, 6.45) is -6.47. The van der Waals surface area contributed by atoms with E-state index in [4.69, 9.17) is 16.3 Å². The van der Waals surface area contributed by atoms with Crippen LogP contribution < -0.4 is 5.32 Å². The number of ether oxygens (including phenoxy) is 2. The number of benzene rings is 3. The molecule has 0 heterocycles. The lowest BCUT2D eigenvalue weighted by molar-refractivity contribution is -0.384. The first-order valence-corrected chi connectivity index (χ1v) is 10.6. The Balaban J connectivity index is 1.96. The van der Waals surface area contributed by atoms with Crippen molar-refractivity contribution in [2.24, 2.45) is 0 Å². The van der Waals surface area contributed by atoms with Crippen LogP contribution in [-0.2, 0) is 20.4 Å². The number of hydrogen-bond acceptors (Lipinski definition) is 7. The van der Waals surface area contributed by atoms with Gasteiger partial charge in [0.15, 0.2) is 0 Å². The van der Waals surface area contributed by atoms with Crippen molar-refractivity contribution in [1.29, 1.82) is 0 Å². The average molecular weight is 537 g/mol. The molecule has 0 spiro atoms. The van der Waals surface area contributed by atoms with Crippen molar-refractivity contribution in [2.45, 2.75) is 12.3 Å². The molecule has 9 nitrogen and oxygen atoms in total. The zero-order valence-electron chi connectivity index (χ0n) is 18.7. The number of non-ortho nitro benzene ring substituents is 1. The molecular formula is C24H16ClF3N2O7. The van der Waals surface area contributed by atoms with Crippen LogP contribution in [0.25, 0.3) is 0 Å². The molecule has 1 N–H and O–H groups in total. The summed E-state index contributed by atoms with van der Waals surface area (Å²) >= 11 is 5.61. The molecule has 0 saturated carbocycles. The van der Waals surface area contributed by atoms with Crippen molar-refractivity contribution in [3.05, 3.63) is 104 Å². The summed E-state index contributed by atoms with van der Waals surface area (Å²) in [7, 11) is 1.04. The number of carbonyl (C=O) groups excluding carboxylic acids is 3. The van der Waals surface area contributed by atoms with Crippen LogP contribution >= 0.6 is 11.6 Å². The van der Waals surface area contributed by atoms with Crippen molar-refractivity contribution < 1.29 is 42.0 Å². The first kappa shape index (κ1) is 27.1. The second-order valence-corrected chi connectivity index (χ2v) is 7.80. The van der Waals surface area contributed by atoms with Gasteiger partial charge < -0.3 is 14.8 Å². The summed E-state index contributed by atoms with van der Waals surface area (Å²) < 4.78 is 49.5. The number of anilines is 1. The minimum atomic E-state index is -4.79. The maximum Gasteiger partial charge on any atom is 0.417 e. The molecule has 1 atom stereocenters. The number of carbonyl (C=O) groups is 3. The second-order valence-electron chi connectivity index (χ2n) is 7.39. The number of amides is 1. The van der Waals surface area contributed by atoms with Gasteiger partial charge in [-0.15, -0.1) is 0 Å². The van der Waals surface area contributed by atoms with Crippen molar-refractivity contribution in [2.75, 3.05) is 12.4 Å². The molecule has 37 heavy (non-hydrogen) atoms. The van der Waals surface area contributed by atoms with Crippen LogP contribution in [0.4, 0.5) is 24.5 Å². The summed E-state index contributed by atoms with van der Waals surface area (Å²) in [5.74, 6) is -3.20. The monoisotopic (exact) mass is 536 g/mol. The number of halogens is 4. The number of rotatable bonds is 7. The molecule has 0 bridgehead atoms. The van der Waals surface area contributed by atoms with Gasteiger partial charge in [-0.25, -0.2) is 9.59 Å². The fourth-order valence-corrected chi connectivity index (χ4v) is 3.40. The number of methoxy groups -OCH3 is 1. The third-order valence-corrected chi connectivity index (χ3v) is 5.22. The lowest BCUT2D eigenvalue weighted by atomic mass is 10.1. The molecule has 1 unspecified atom stereocenters. The minimum Gasteiger partial charge on any atom is -0.465 e. The van der Waals surface area contributed by atoms with Crippen LogP contribution in [0.5, 0.6) is 0 Å². The fraction of sp³-hybridized carbons (Fsp3) is 0.125. The standard InChI is InChI=1S/C24H16ClF3N2O7/c1-36-22(32)14-9-15(11-17(10-14)30(34)35)23(33)37-20(13-5-3-2-4-6-13)21(31)29-16-7-8-19(25)18(12-16)24(26,27)28/h2-12,20H,1H3,(H,29,31). The Kier molecular flexibility index (Phi) is 8.13. The molecule has 3 aromatic carbocycles. The molecule has 0 aliphatic rings. The van der Waals surface area contributed by atoms with E-state index < -0.39 is 56.9 Å². The van der Waals surface area contributed by atoms with Crippen molar-refractivity contribution in [3.8, 4) is 0 Å². The molecule has 0 aliphatic carbocycles. The average Bonchev–Trinajstić information content (AvgIpc) is 2.87. The van der Waals surface area contributed by atoms with Crippen LogP contribution in [0, 0.1) is 10.1 Å². The van der Waals surface area contributed by atoms with E-state index in [-0.39, 0.29) is 16.8 Å². The Morgan fingerprint density at radius 1 is 0.973 bits per heavy atom. The number of nitro groups is 1. The van der Waals surface area contributed by atoms with Crippen LogP contribution in [0.15, 0.2) is 66.7 Å². The minimum absolute atomic E-state index is 0.150. The summed E-state index contributed by atoms with van der Waals surface area (Å²) in [5.41, 5.74) is -2.68. The maximum absolute atomic E-state index is 13.2. The number of nitro benzene ring substituents is 1. The van der Waals surface area contributed by atoms with Gasteiger partial charge in [0.25, 0.3) is 11.6 Å². The highest BCUT2D eigenvalue weighted by Gasteiger charge is 2.34. The Morgan fingerprint density at radius 2 is 1.59 bits per heavy atom. The SMILES string of the molecule is COC(=O)c1cc(C(=O)OC(C(=O)Nc2ccc(Cl)c(C(F)(F)F)c2)c2ccccc2)cc([N+](=O)[O-])c1. The number of nitrogens with zero attached hydrogens (tertiary/aromatic N) is 1. The second kappa shape index (κ2) is 11.1. The van der Waals surface area contributed by atoms with Gasteiger partial charge in [-0.2, -0.15) is 13.2 Å². The molecule has 0 aliphatic heterocycles. The Hall–Kier alpha value is -4.45. The quantitative estimate of drug-likeness (QED) is 0.237. The van der Waals surface area contributed by atoms with Crippen LogP contribution in [-0.4, -0.2) is 29.9 Å². The van der Waals surface area contributed by atoms with Gasteiger partial charge >= 0.3 is 18.1 Å². The predicted molar refractivity (Wildman–Crippen MR) is 124 cm³/mol. The van der Waals surface area contributed by atoms with Crippen molar-refractivity contribution in [3.63, 3.8) is 0 Å². The van der Waals surface area contributed by atoms with Gasteiger partial charge in [0.2, 0.25) is 6.10 Å². The van der Waals surface area contributed by atoms with Crippen LogP contribution in [0.3, 0.4) is 0 Å². The summed E-state index contributed by atoms with van der Waals surface area (Å²) in [5, 5.41) is 12.9. The predicted octanol–water partition coefficient (Wildman–Crippen LogP) is 5.59. The van der Waals surface area contributed by atoms with Gasteiger partial charge in [-0.3, -0.25) is 14.9 Å². The van der Waals surface area contributed by atoms with Crippen molar-refractivity contribution >= 4 is 40.8 Å². The summed E-state index contributed by atoms with van der Waals surface area (Å²) in [6, 6.07) is 12.9. The molecular weight excluding hydrogens is 521 g/mol. The fourth-order valence-electron chi connectivity index (χ4n) is 3.17. The molecule has 0 radical (unpaired) electrons. The molecule has 1 amide bonds. The van der Waals surface area contributed by atoms with Crippen LogP contribution in [0.2, 0.25) is 5.02 Å². The summed E-state index contributed by atoms with van der Waals surface area (Å²) in [4.78, 5) is 48.3. The molecule has 192 valence electrons. The van der Waals surface area contributed by atoms with E-state index in [1.54, 1.807) is 6.07 Å². The topological polar surface area (TPSA) is 125 Å². The first-order chi connectivity index (χ1) is 17.4. The van der Waals surface area contributed by atoms with Crippen molar-refractivity contribution in [1.82, 2.24) is 0 Å². The smallest absolute Gasteiger partial charge is 0.417 e. The molecule has 13 heteroatoms. The maximum atomic E-state index is 13.2. The summed E-state index contributed by atoms with van der Waals surface area (Å²) in [6.45, 7) is 0. The van der Waals surface area contributed by atoms with E-state index in [9.17, 15) is 37.7 Å². The van der Waals surface area contributed by atoms with Gasteiger partial charge in [0, 0.05) is 23.4 Å². The van der Waals surface area contributed by atoms with E-state index in [2.05, 4.69) is 10.1 Å². The molecule has 0 aromatic heterocycles. The third kappa shape index (κ3) is 6.61. The Labute approximate surface area is 211 Å². The third-order valence-electron chi connectivity index (χ3n) is 4.89. The number of esters is 2. The normalized spacial score (nSPS) is 11.8. The first-order valence-electron chi connectivity index (χ1n) is 10.2. The Bertz CT molecular complexity index is 1360. The van der Waals surface area contributed by atoms with E-state index in [0.29, 0.717) is 6.07 Å². The van der Waals surface area contributed by atoms with Gasteiger partial charge in [0.05, 0.1) is 33.7 Å². The molecule has 0 fully saturated rings. The number of alkyl halides is 3. The lowest BCUT2D eigenvalue weighted by Crippen LogP contribution is -2.26. The van der Waals surface area contributed by atoms with Crippen LogP contribution in [0.1, 0.15) is 37.9 Å². The highest BCUT2D eigenvalue weighted by atomic mass is 35.5. The van der Waals surface area contributed by atoms with Gasteiger partial charge in [-0.05, 0) is 24.3 Å². The Morgan fingerprint density at radius 3 is 2.16 bits per heavy atom. The molecule has 3 aromatic rings. The highest BCUT2D eigenvalue weighted by molar-refractivity contribution is 6.31. The van der Waals surface area contributed by atoms with Gasteiger partial charge in [0.1, 0.15) is 0 Å². The largest absolute Gasteiger partial charge is 0.465 e. The highest BCUT2D eigenvalue weighted by Crippen LogP contribution is 2.36. The lowest BCUT2D eigenvalue weighted by Gasteiger charge is -2.19. The number of hydrogen-bond donors (Lipinski definition) is 1. The zero-order valence-corrected chi connectivity index (χ0v) is 19.5. The van der Waals surface area contributed by atoms with E-state index in [1.807, 2.05) is 0 Å². The van der Waals surface area contributed by atoms with E-state index >= 15 is 0 Å². The zero-order chi connectivity index (χ0) is 27.3. The molecule has 0 saturated heterocycles.